The number of hydrogen-bond donors (Lipinski definition) is 3. The Balaban J connectivity index is 1.26. The zero-order valence-corrected chi connectivity index (χ0v) is 16.1. The lowest BCUT2D eigenvalue weighted by Gasteiger charge is -2.71. The van der Waals surface area contributed by atoms with Crippen LogP contribution in [-0.2, 0) is 12.5 Å². The van der Waals surface area contributed by atoms with Gasteiger partial charge in [-0.05, 0) is 37.7 Å². The molecule has 2 heterocycles. The molecule has 4 aliphatic rings. The van der Waals surface area contributed by atoms with Crippen LogP contribution in [0.25, 0.3) is 11.0 Å². The van der Waals surface area contributed by atoms with Gasteiger partial charge in [0, 0.05) is 30.1 Å². The summed E-state index contributed by atoms with van der Waals surface area (Å²) in [6, 6.07) is 10.9. The second kappa shape index (κ2) is 5.23. The molecule has 28 heavy (non-hydrogen) atoms. The highest BCUT2D eigenvalue weighted by atomic mass is 15.3. The van der Waals surface area contributed by atoms with Crippen molar-refractivity contribution < 1.29 is 0 Å². The Morgan fingerprint density at radius 2 is 1.86 bits per heavy atom. The number of aromatic nitrogens is 4. The number of anilines is 2. The minimum Gasteiger partial charge on any atom is -0.364 e. The molecule has 0 radical (unpaired) electrons. The fourth-order valence-corrected chi connectivity index (χ4v) is 5.06. The van der Waals surface area contributed by atoms with Crippen LogP contribution in [0.5, 0.6) is 0 Å². The summed E-state index contributed by atoms with van der Waals surface area (Å²) >= 11 is 0. The lowest BCUT2D eigenvalue weighted by atomic mass is 9.37. The normalized spacial score (nSPS) is 29.1. The molecule has 4 fully saturated rings. The van der Waals surface area contributed by atoms with Crippen molar-refractivity contribution in [2.45, 2.75) is 48.6 Å². The topological polar surface area (TPSA) is 93.7 Å². The van der Waals surface area contributed by atoms with Gasteiger partial charge in [0.2, 0.25) is 5.95 Å². The number of fused-ring (bicyclic) bond motifs is 1. The maximum Gasteiger partial charge on any atom is 0.226 e. The van der Waals surface area contributed by atoms with Gasteiger partial charge in [-0.15, -0.1) is 0 Å². The summed E-state index contributed by atoms with van der Waals surface area (Å²) in [6.07, 6.45) is 7.44. The SMILES string of the molecule is Cn1ncc2c(NC34CC(c5ccccc5)(C3)C4)nc(NCC3(N)CC3)nc21. The van der Waals surface area contributed by atoms with Crippen molar-refractivity contribution in [3.8, 4) is 0 Å². The number of nitrogens with two attached hydrogens (primary N) is 1. The highest BCUT2D eigenvalue weighted by Crippen LogP contribution is 2.68. The first kappa shape index (κ1) is 16.3. The summed E-state index contributed by atoms with van der Waals surface area (Å²) in [5.41, 5.74) is 8.93. The van der Waals surface area contributed by atoms with E-state index in [2.05, 4.69) is 51.0 Å². The summed E-state index contributed by atoms with van der Waals surface area (Å²) < 4.78 is 1.80. The Morgan fingerprint density at radius 3 is 2.57 bits per heavy atom. The summed E-state index contributed by atoms with van der Waals surface area (Å²) in [5.74, 6) is 1.50. The average Bonchev–Trinajstić information content (AvgIpc) is 3.27. The Hall–Kier alpha value is -2.67. The van der Waals surface area contributed by atoms with Crippen molar-refractivity contribution in [1.29, 1.82) is 0 Å². The van der Waals surface area contributed by atoms with Gasteiger partial charge < -0.3 is 16.4 Å². The quantitative estimate of drug-likeness (QED) is 0.613. The second-order valence-corrected chi connectivity index (χ2v) is 9.20. The molecule has 0 saturated heterocycles. The van der Waals surface area contributed by atoms with E-state index in [9.17, 15) is 0 Å². The van der Waals surface area contributed by atoms with Crippen LogP contribution in [0.3, 0.4) is 0 Å². The first-order chi connectivity index (χ1) is 13.5. The largest absolute Gasteiger partial charge is 0.364 e. The van der Waals surface area contributed by atoms with E-state index in [1.807, 2.05) is 13.2 Å². The fourth-order valence-electron chi connectivity index (χ4n) is 5.06. The van der Waals surface area contributed by atoms with Crippen LogP contribution < -0.4 is 16.4 Å². The smallest absolute Gasteiger partial charge is 0.226 e. The molecule has 7 heteroatoms. The summed E-state index contributed by atoms with van der Waals surface area (Å²) in [4.78, 5) is 9.45. The molecule has 4 N–H and O–H groups in total. The molecule has 0 amide bonds. The van der Waals surface area contributed by atoms with Gasteiger partial charge >= 0.3 is 0 Å². The maximum atomic E-state index is 6.21. The lowest BCUT2D eigenvalue weighted by Crippen LogP contribution is -2.73. The number of rotatable bonds is 6. The molecule has 0 aliphatic heterocycles. The maximum absolute atomic E-state index is 6.21. The van der Waals surface area contributed by atoms with Crippen LogP contribution in [0, 0.1) is 0 Å². The van der Waals surface area contributed by atoms with Crippen molar-refractivity contribution in [2.24, 2.45) is 12.8 Å². The van der Waals surface area contributed by atoms with Gasteiger partial charge in [0.1, 0.15) is 5.82 Å². The van der Waals surface area contributed by atoms with Crippen molar-refractivity contribution in [1.82, 2.24) is 19.7 Å². The Labute approximate surface area is 163 Å². The van der Waals surface area contributed by atoms with Gasteiger partial charge in [-0.1, -0.05) is 30.3 Å². The molecule has 0 unspecified atom stereocenters. The molecule has 3 aromatic rings. The minimum atomic E-state index is -0.0890. The summed E-state index contributed by atoms with van der Waals surface area (Å²) in [5, 5.41) is 12.4. The summed E-state index contributed by atoms with van der Waals surface area (Å²) in [6.45, 7) is 0.706. The third kappa shape index (κ3) is 2.35. The van der Waals surface area contributed by atoms with Crippen molar-refractivity contribution in [2.75, 3.05) is 17.2 Å². The van der Waals surface area contributed by atoms with E-state index in [0.29, 0.717) is 17.9 Å². The highest BCUT2D eigenvalue weighted by Gasteiger charge is 2.68. The fraction of sp³-hybridized carbons (Fsp3) is 0.476. The minimum absolute atomic E-state index is 0.0890. The highest BCUT2D eigenvalue weighted by molar-refractivity contribution is 5.88. The molecule has 0 atom stereocenters. The Bertz CT molecular complexity index is 1050. The molecule has 4 saturated carbocycles. The third-order valence-corrected chi connectivity index (χ3v) is 6.88. The van der Waals surface area contributed by atoms with Crippen LogP contribution >= 0.6 is 0 Å². The number of nitrogens with zero attached hydrogens (tertiary/aromatic N) is 4. The van der Waals surface area contributed by atoms with Gasteiger partial charge in [-0.3, -0.25) is 4.68 Å². The average molecular weight is 375 g/mol. The van der Waals surface area contributed by atoms with E-state index in [1.54, 1.807) is 4.68 Å². The monoisotopic (exact) mass is 375 g/mol. The molecule has 1 aromatic carbocycles. The van der Waals surface area contributed by atoms with Crippen molar-refractivity contribution in [3.05, 3.63) is 42.1 Å². The van der Waals surface area contributed by atoms with Gasteiger partial charge in [0.05, 0.1) is 11.6 Å². The lowest BCUT2D eigenvalue weighted by molar-refractivity contribution is -0.0421. The third-order valence-electron chi connectivity index (χ3n) is 6.88. The predicted octanol–water partition coefficient (Wildman–Crippen LogP) is 2.55. The van der Waals surface area contributed by atoms with E-state index >= 15 is 0 Å². The van der Waals surface area contributed by atoms with Gasteiger partial charge in [-0.2, -0.15) is 15.1 Å². The molecular formula is C21H25N7. The van der Waals surface area contributed by atoms with E-state index in [4.69, 9.17) is 10.7 Å². The molecule has 2 aromatic heterocycles. The second-order valence-electron chi connectivity index (χ2n) is 9.20. The first-order valence-corrected chi connectivity index (χ1v) is 10.0. The van der Waals surface area contributed by atoms with Gasteiger partial charge in [-0.25, -0.2) is 0 Å². The van der Waals surface area contributed by atoms with Crippen LogP contribution in [0.2, 0.25) is 0 Å². The van der Waals surface area contributed by atoms with E-state index < -0.39 is 0 Å². The predicted molar refractivity (Wildman–Crippen MR) is 109 cm³/mol. The first-order valence-electron chi connectivity index (χ1n) is 10.0. The number of aryl methyl sites for hydroxylation is 1. The van der Waals surface area contributed by atoms with Crippen LogP contribution in [0.15, 0.2) is 36.5 Å². The standard InChI is InChI=1S/C21H25N7/c1-28-17-15(9-24-28)16(25-18(26-17)23-13-20(22)7-8-20)27-21-10-19(11-21,12-21)14-5-3-2-4-6-14/h2-6,9H,7-8,10-13,22H2,1H3,(H2,23,25,26,27). The van der Waals surface area contributed by atoms with Crippen molar-refractivity contribution >= 4 is 22.8 Å². The van der Waals surface area contributed by atoms with E-state index in [-0.39, 0.29) is 11.1 Å². The number of nitrogens with one attached hydrogen (secondary N) is 2. The van der Waals surface area contributed by atoms with E-state index in [0.717, 1.165) is 49.0 Å². The molecule has 7 rings (SSSR count). The zero-order chi connectivity index (χ0) is 19.0. The van der Waals surface area contributed by atoms with Crippen LogP contribution in [0.4, 0.5) is 11.8 Å². The number of benzene rings is 1. The Morgan fingerprint density at radius 1 is 1.11 bits per heavy atom. The molecule has 7 nitrogen and oxygen atoms in total. The zero-order valence-electron chi connectivity index (χ0n) is 16.1. The summed E-state index contributed by atoms with van der Waals surface area (Å²) in [7, 11) is 1.92. The Kier molecular flexibility index (Phi) is 3.04. The van der Waals surface area contributed by atoms with Crippen molar-refractivity contribution in [3.63, 3.8) is 0 Å². The van der Waals surface area contributed by atoms with Gasteiger partial charge in [0.15, 0.2) is 5.65 Å². The molecule has 0 spiro atoms. The van der Waals surface area contributed by atoms with E-state index in [1.165, 1.54) is 5.56 Å². The molecule has 2 bridgehead atoms. The molecule has 144 valence electrons. The van der Waals surface area contributed by atoms with Gasteiger partial charge in [0.25, 0.3) is 0 Å². The van der Waals surface area contributed by atoms with Crippen LogP contribution in [0.1, 0.15) is 37.7 Å². The molecular weight excluding hydrogens is 350 g/mol. The number of hydrogen-bond acceptors (Lipinski definition) is 6. The molecule has 4 aliphatic carbocycles. The van der Waals surface area contributed by atoms with Crippen LogP contribution in [-0.4, -0.2) is 37.4 Å².